The van der Waals surface area contributed by atoms with Crippen LogP contribution in [-0.2, 0) is 0 Å². The highest BCUT2D eigenvalue weighted by Gasteiger charge is 2.21. The summed E-state index contributed by atoms with van der Waals surface area (Å²) < 4.78 is 10.4. The molecule has 0 radical (unpaired) electrons. The van der Waals surface area contributed by atoms with Gasteiger partial charge in [-0.1, -0.05) is 11.6 Å². The van der Waals surface area contributed by atoms with Gasteiger partial charge in [-0.3, -0.25) is 0 Å². The van der Waals surface area contributed by atoms with E-state index >= 15 is 0 Å². The predicted molar refractivity (Wildman–Crippen MR) is 124 cm³/mol. The van der Waals surface area contributed by atoms with E-state index < -0.39 is 0 Å². The Labute approximate surface area is 190 Å². The third-order valence-electron chi connectivity index (χ3n) is 5.00. The lowest BCUT2D eigenvalue weighted by Crippen LogP contribution is -2.47. The predicted octanol–water partition coefficient (Wildman–Crippen LogP) is 4.27. The number of aromatic nitrogens is 3. The van der Waals surface area contributed by atoms with E-state index in [2.05, 4.69) is 42.2 Å². The zero-order valence-corrected chi connectivity index (χ0v) is 18.7. The third-order valence-corrected chi connectivity index (χ3v) is 5.47. The second-order valence-electron chi connectivity index (χ2n) is 6.87. The van der Waals surface area contributed by atoms with Crippen LogP contribution in [0, 0.1) is 0 Å². The number of benzene rings is 2. The number of methoxy groups -OCH3 is 2. The van der Waals surface area contributed by atoms with Crippen molar-refractivity contribution in [2.24, 2.45) is 0 Å². The summed E-state index contributed by atoms with van der Waals surface area (Å²) in [5.74, 6) is 2.34. The van der Waals surface area contributed by atoms with Crippen molar-refractivity contribution in [3.8, 4) is 11.5 Å². The van der Waals surface area contributed by atoms with Crippen LogP contribution in [0.15, 0.2) is 42.5 Å². The van der Waals surface area contributed by atoms with Gasteiger partial charge in [-0.15, -0.1) is 0 Å². The molecule has 1 aromatic heterocycles. The molecule has 1 fully saturated rings. The Kier molecular flexibility index (Phi) is 6.48. The average Bonchev–Trinajstić information content (AvgIpc) is 2.79. The van der Waals surface area contributed by atoms with Crippen LogP contribution >= 0.6 is 23.2 Å². The van der Waals surface area contributed by atoms with Crippen molar-refractivity contribution in [2.45, 2.75) is 0 Å². The van der Waals surface area contributed by atoms with Crippen molar-refractivity contribution in [3.63, 3.8) is 0 Å². The van der Waals surface area contributed by atoms with Crippen molar-refractivity contribution >= 4 is 46.5 Å². The molecule has 0 saturated carbocycles. The minimum atomic E-state index is 0.129. The first kappa shape index (κ1) is 21.3. The molecule has 0 unspecified atom stereocenters. The standard InChI is InChI=1S/C21H22Cl2N6O2/c1-30-16-6-4-15(5-7-16)28-9-11-29(12-10-28)21-26-19(23)25-20(27-21)24-14-3-8-18(31-2)17(22)13-14/h3-8,13H,9-12H2,1-2H3,(H,24,25,26,27). The zero-order chi connectivity index (χ0) is 21.8. The molecule has 0 spiro atoms. The molecular formula is C21H22Cl2N6O2. The van der Waals surface area contributed by atoms with Crippen LogP contribution in [0.5, 0.6) is 11.5 Å². The molecule has 4 rings (SSSR count). The van der Waals surface area contributed by atoms with Crippen molar-refractivity contribution in [3.05, 3.63) is 52.8 Å². The number of nitrogens with zero attached hydrogens (tertiary/aromatic N) is 5. The quantitative estimate of drug-likeness (QED) is 0.584. The largest absolute Gasteiger partial charge is 0.497 e. The lowest BCUT2D eigenvalue weighted by molar-refractivity contribution is 0.414. The third kappa shape index (κ3) is 5.03. The van der Waals surface area contributed by atoms with E-state index in [-0.39, 0.29) is 5.28 Å². The van der Waals surface area contributed by atoms with E-state index in [4.69, 9.17) is 32.7 Å². The molecule has 2 heterocycles. The SMILES string of the molecule is COc1ccc(N2CCN(c3nc(Cl)nc(Nc4ccc(OC)c(Cl)c4)n3)CC2)cc1. The molecule has 8 nitrogen and oxygen atoms in total. The van der Waals surface area contributed by atoms with E-state index in [1.54, 1.807) is 26.4 Å². The Bertz CT molecular complexity index is 1040. The summed E-state index contributed by atoms with van der Waals surface area (Å²) >= 11 is 12.4. The lowest BCUT2D eigenvalue weighted by Gasteiger charge is -2.36. The van der Waals surface area contributed by atoms with E-state index in [0.29, 0.717) is 22.7 Å². The Morgan fingerprint density at radius 3 is 2.19 bits per heavy atom. The normalized spacial score (nSPS) is 13.8. The van der Waals surface area contributed by atoms with Gasteiger partial charge in [0.1, 0.15) is 11.5 Å². The average molecular weight is 461 g/mol. The molecule has 31 heavy (non-hydrogen) atoms. The molecular weight excluding hydrogens is 439 g/mol. The van der Waals surface area contributed by atoms with Crippen molar-refractivity contribution < 1.29 is 9.47 Å². The maximum absolute atomic E-state index is 6.20. The molecule has 3 aromatic rings. The smallest absolute Gasteiger partial charge is 0.233 e. The van der Waals surface area contributed by atoms with Gasteiger partial charge in [-0.05, 0) is 54.1 Å². The van der Waals surface area contributed by atoms with Crippen LogP contribution in [0.3, 0.4) is 0 Å². The van der Waals surface area contributed by atoms with Crippen LogP contribution in [0.4, 0.5) is 23.3 Å². The molecule has 162 valence electrons. The van der Waals surface area contributed by atoms with Crippen LogP contribution in [0.2, 0.25) is 10.3 Å². The molecule has 10 heteroatoms. The maximum Gasteiger partial charge on any atom is 0.233 e. The zero-order valence-electron chi connectivity index (χ0n) is 17.2. The number of anilines is 4. The van der Waals surface area contributed by atoms with Gasteiger partial charge in [0.15, 0.2) is 0 Å². The van der Waals surface area contributed by atoms with Crippen LogP contribution in [0.1, 0.15) is 0 Å². The van der Waals surface area contributed by atoms with E-state index in [0.717, 1.165) is 43.3 Å². The number of rotatable bonds is 6. The number of ether oxygens (including phenoxy) is 2. The van der Waals surface area contributed by atoms with Gasteiger partial charge in [0.25, 0.3) is 0 Å². The van der Waals surface area contributed by atoms with Gasteiger partial charge in [0, 0.05) is 37.6 Å². The lowest BCUT2D eigenvalue weighted by atomic mass is 10.2. The molecule has 0 aliphatic carbocycles. The highest BCUT2D eigenvalue weighted by atomic mass is 35.5. The van der Waals surface area contributed by atoms with Gasteiger partial charge >= 0.3 is 0 Å². The molecule has 1 saturated heterocycles. The second-order valence-corrected chi connectivity index (χ2v) is 7.62. The fourth-order valence-corrected chi connectivity index (χ4v) is 3.78. The number of halogens is 2. The van der Waals surface area contributed by atoms with Crippen LogP contribution < -0.4 is 24.6 Å². The Hall–Kier alpha value is -2.97. The first-order valence-electron chi connectivity index (χ1n) is 9.72. The van der Waals surface area contributed by atoms with Crippen molar-refractivity contribution in [1.29, 1.82) is 0 Å². The highest BCUT2D eigenvalue weighted by Crippen LogP contribution is 2.29. The Morgan fingerprint density at radius 1 is 0.839 bits per heavy atom. The van der Waals surface area contributed by atoms with Crippen LogP contribution in [-0.4, -0.2) is 55.4 Å². The fourth-order valence-electron chi connectivity index (χ4n) is 3.37. The molecule has 1 aliphatic rings. The summed E-state index contributed by atoms with van der Waals surface area (Å²) in [4.78, 5) is 17.5. The highest BCUT2D eigenvalue weighted by molar-refractivity contribution is 6.32. The molecule has 0 atom stereocenters. The van der Waals surface area contributed by atoms with Gasteiger partial charge in [0.2, 0.25) is 17.2 Å². The monoisotopic (exact) mass is 460 g/mol. The van der Waals surface area contributed by atoms with E-state index in [9.17, 15) is 0 Å². The first-order valence-corrected chi connectivity index (χ1v) is 10.5. The molecule has 2 aromatic carbocycles. The number of hydrogen-bond donors (Lipinski definition) is 1. The summed E-state index contributed by atoms with van der Waals surface area (Å²) in [5.41, 5.74) is 1.89. The molecule has 1 N–H and O–H groups in total. The van der Waals surface area contributed by atoms with Crippen molar-refractivity contribution in [2.75, 3.05) is 55.5 Å². The van der Waals surface area contributed by atoms with E-state index in [1.165, 1.54) is 0 Å². The molecule has 0 bridgehead atoms. The van der Waals surface area contributed by atoms with Gasteiger partial charge in [-0.25, -0.2) is 0 Å². The van der Waals surface area contributed by atoms with Crippen LogP contribution in [0.25, 0.3) is 0 Å². The fraction of sp³-hybridized carbons (Fsp3) is 0.286. The first-order chi connectivity index (χ1) is 15.1. The minimum absolute atomic E-state index is 0.129. The van der Waals surface area contributed by atoms with Gasteiger partial charge in [0.05, 0.1) is 19.2 Å². The summed E-state index contributed by atoms with van der Waals surface area (Å²) in [7, 11) is 3.24. The number of hydrogen-bond acceptors (Lipinski definition) is 8. The van der Waals surface area contributed by atoms with Gasteiger partial charge in [-0.2, -0.15) is 15.0 Å². The van der Waals surface area contributed by atoms with E-state index in [1.807, 2.05) is 18.2 Å². The Balaban J connectivity index is 1.44. The molecule has 1 aliphatic heterocycles. The summed E-state index contributed by atoms with van der Waals surface area (Å²) in [6, 6.07) is 13.4. The topological polar surface area (TPSA) is 75.6 Å². The summed E-state index contributed by atoms with van der Waals surface area (Å²) in [5, 5.41) is 3.74. The summed E-state index contributed by atoms with van der Waals surface area (Å²) in [6.07, 6.45) is 0. The Morgan fingerprint density at radius 2 is 1.55 bits per heavy atom. The van der Waals surface area contributed by atoms with Gasteiger partial charge < -0.3 is 24.6 Å². The van der Waals surface area contributed by atoms with Crippen molar-refractivity contribution in [1.82, 2.24) is 15.0 Å². The summed E-state index contributed by atoms with van der Waals surface area (Å²) in [6.45, 7) is 3.21. The number of piperazine rings is 1. The second kappa shape index (κ2) is 9.45. The minimum Gasteiger partial charge on any atom is -0.497 e. The molecule has 0 amide bonds. The number of nitrogens with one attached hydrogen (secondary N) is 1. The maximum atomic E-state index is 6.20.